The van der Waals surface area contributed by atoms with E-state index in [0.717, 1.165) is 5.82 Å². The summed E-state index contributed by atoms with van der Waals surface area (Å²) in [6.45, 7) is 0.535. The minimum absolute atomic E-state index is 0.0717. The van der Waals surface area contributed by atoms with Crippen LogP contribution in [0.25, 0.3) is 11.1 Å². The lowest BCUT2D eigenvalue weighted by Crippen LogP contribution is -2.08. The number of aryl methyl sites for hydroxylation is 1. The molecular weight excluding hydrogens is 276 g/mol. The molecule has 3 aromatic rings. The summed E-state index contributed by atoms with van der Waals surface area (Å²) in [7, 11) is 1.86. The van der Waals surface area contributed by atoms with Crippen molar-refractivity contribution >= 4 is 22.8 Å². The molecule has 1 N–H and O–H groups in total. The van der Waals surface area contributed by atoms with E-state index in [1.807, 2.05) is 11.6 Å². The minimum atomic E-state index is -0.478. The lowest BCUT2D eigenvalue weighted by atomic mass is 10.3. The Kier molecular flexibility index (Phi) is 3.22. The Hall–Kier alpha value is -2.97. The van der Waals surface area contributed by atoms with Crippen LogP contribution in [0.2, 0.25) is 0 Å². The number of nitro groups is 1. The lowest BCUT2D eigenvalue weighted by Gasteiger charge is -2.00. The molecule has 0 aliphatic carbocycles. The van der Waals surface area contributed by atoms with E-state index in [1.54, 1.807) is 18.5 Å². The van der Waals surface area contributed by atoms with Crippen LogP contribution >= 0.6 is 0 Å². The van der Waals surface area contributed by atoms with Crippen molar-refractivity contribution in [1.82, 2.24) is 19.7 Å². The predicted molar refractivity (Wildman–Crippen MR) is 73.9 cm³/mol. The second-order valence-corrected chi connectivity index (χ2v) is 4.43. The average Bonchev–Trinajstić information content (AvgIpc) is 3.04. The third kappa shape index (κ3) is 2.53. The van der Waals surface area contributed by atoms with Gasteiger partial charge in [-0.1, -0.05) is 6.07 Å². The molecule has 0 saturated heterocycles. The van der Waals surface area contributed by atoms with Gasteiger partial charge in [-0.05, 0) is 6.07 Å². The quantitative estimate of drug-likeness (QED) is 0.559. The van der Waals surface area contributed by atoms with E-state index in [4.69, 9.17) is 4.42 Å². The van der Waals surface area contributed by atoms with Crippen LogP contribution in [0.4, 0.5) is 11.7 Å². The summed E-state index contributed by atoms with van der Waals surface area (Å²) in [4.78, 5) is 14.6. The number of anilines is 1. The second-order valence-electron chi connectivity index (χ2n) is 4.43. The smallest absolute Gasteiger partial charge is 0.298 e. The van der Waals surface area contributed by atoms with Gasteiger partial charge in [-0.25, -0.2) is 0 Å². The summed E-state index contributed by atoms with van der Waals surface area (Å²) in [5, 5.41) is 21.6. The number of nitrogens with zero attached hydrogens (tertiary/aromatic N) is 5. The monoisotopic (exact) mass is 288 g/mol. The molecule has 2 heterocycles. The molecule has 2 aromatic heterocycles. The standard InChI is InChI=1S/C12H12N6O3/c1-17-7-14-16-10(17)5-6-13-12-15-11-8(18(19)20)3-2-4-9(11)21-12/h2-4,7H,5-6H2,1H3,(H,13,15). The van der Waals surface area contributed by atoms with E-state index < -0.39 is 4.92 Å². The average molecular weight is 288 g/mol. The molecular formula is C12H12N6O3. The van der Waals surface area contributed by atoms with E-state index in [1.165, 1.54) is 6.07 Å². The first-order valence-corrected chi connectivity index (χ1v) is 6.26. The molecule has 0 atom stereocenters. The summed E-state index contributed by atoms with van der Waals surface area (Å²) >= 11 is 0. The van der Waals surface area contributed by atoms with Crippen LogP contribution in [0.1, 0.15) is 5.82 Å². The Morgan fingerprint density at radius 1 is 1.48 bits per heavy atom. The van der Waals surface area contributed by atoms with Gasteiger partial charge in [-0.3, -0.25) is 10.1 Å². The summed E-state index contributed by atoms with van der Waals surface area (Å²) in [5.74, 6) is 0.824. The number of non-ortho nitro benzene ring substituents is 1. The van der Waals surface area contributed by atoms with Crippen molar-refractivity contribution in [2.45, 2.75) is 6.42 Å². The molecule has 0 unspecified atom stereocenters. The Bertz CT molecular complexity index is 793. The Labute approximate surface area is 118 Å². The molecule has 0 spiro atoms. The molecule has 9 nitrogen and oxygen atoms in total. The first-order valence-electron chi connectivity index (χ1n) is 6.26. The number of fused-ring (bicyclic) bond motifs is 1. The number of hydrogen-bond donors (Lipinski definition) is 1. The zero-order valence-electron chi connectivity index (χ0n) is 11.2. The summed E-state index contributed by atoms with van der Waals surface area (Å²) in [6, 6.07) is 4.85. The molecule has 0 aliphatic heterocycles. The highest BCUT2D eigenvalue weighted by Crippen LogP contribution is 2.27. The lowest BCUT2D eigenvalue weighted by molar-refractivity contribution is -0.383. The fourth-order valence-corrected chi connectivity index (χ4v) is 1.97. The van der Waals surface area contributed by atoms with Gasteiger partial charge in [0.05, 0.1) is 4.92 Å². The number of nitro benzene ring substituents is 1. The van der Waals surface area contributed by atoms with Crippen molar-refractivity contribution in [3.05, 3.63) is 40.5 Å². The van der Waals surface area contributed by atoms with Crippen LogP contribution in [0.3, 0.4) is 0 Å². The van der Waals surface area contributed by atoms with Gasteiger partial charge < -0.3 is 14.3 Å². The minimum Gasteiger partial charge on any atom is -0.423 e. The van der Waals surface area contributed by atoms with Gasteiger partial charge in [0.1, 0.15) is 12.2 Å². The number of oxazole rings is 1. The maximum absolute atomic E-state index is 10.9. The molecule has 0 radical (unpaired) electrons. The molecule has 3 rings (SSSR count). The highest BCUT2D eigenvalue weighted by Gasteiger charge is 2.17. The van der Waals surface area contributed by atoms with Crippen molar-refractivity contribution in [3.63, 3.8) is 0 Å². The van der Waals surface area contributed by atoms with E-state index >= 15 is 0 Å². The van der Waals surface area contributed by atoms with E-state index in [0.29, 0.717) is 18.5 Å². The van der Waals surface area contributed by atoms with Crippen LogP contribution in [-0.4, -0.2) is 31.2 Å². The highest BCUT2D eigenvalue weighted by atomic mass is 16.6. The first-order chi connectivity index (χ1) is 10.1. The zero-order chi connectivity index (χ0) is 14.8. The Balaban J connectivity index is 1.74. The van der Waals surface area contributed by atoms with Crippen molar-refractivity contribution < 1.29 is 9.34 Å². The number of nitrogens with one attached hydrogen (secondary N) is 1. The van der Waals surface area contributed by atoms with Gasteiger partial charge in [0.25, 0.3) is 11.7 Å². The maximum Gasteiger partial charge on any atom is 0.298 e. The molecule has 0 fully saturated rings. The van der Waals surface area contributed by atoms with Gasteiger partial charge in [-0.2, -0.15) is 4.98 Å². The Morgan fingerprint density at radius 3 is 3.05 bits per heavy atom. The number of rotatable bonds is 5. The van der Waals surface area contributed by atoms with Gasteiger partial charge in [-0.15, -0.1) is 10.2 Å². The normalized spacial score (nSPS) is 10.9. The molecule has 0 aliphatic rings. The zero-order valence-corrected chi connectivity index (χ0v) is 11.2. The third-order valence-corrected chi connectivity index (χ3v) is 3.02. The summed E-state index contributed by atoms with van der Waals surface area (Å²) in [6.07, 6.45) is 2.26. The van der Waals surface area contributed by atoms with Gasteiger partial charge in [0.15, 0.2) is 11.1 Å². The van der Waals surface area contributed by atoms with Gasteiger partial charge in [0.2, 0.25) is 0 Å². The summed E-state index contributed by atoms with van der Waals surface area (Å²) < 4.78 is 7.26. The number of aromatic nitrogens is 4. The largest absolute Gasteiger partial charge is 0.423 e. The first kappa shape index (κ1) is 13.0. The summed E-state index contributed by atoms with van der Waals surface area (Å²) in [5.41, 5.74) is 0.548. The Morgan fingerprint density at radius 2 is 2.33 bits per heavy atom. The van der Waals surface area contributed by atoms with Crippen LogP contribution < -0.4 is 5.32 Å². The van der Waals surface area contributed by atoms with Crippen molar-refractivity contribution in [2.75, 3.05) is 11.9 Å². The molecule has 9 heteroatoms. The van der Waals surface area contributed by atoms with E-state index in [9.17, 15) is 10.1 Å². The van der Waals surface area contributed by atoms with Crippen LogP contribution in [0.5, 0.6) is 0 Å². The van der Waals surface area contributed by atoms with Crippen LogP contribution in [0, 0.1) is 10.1 Å². The van der Waals surface area contributed by atoms with Crippen LogP contribution in [-0.2, 0) is 13.5 Å². The molecule has 0 bridgehead atoms. The van der Waals surface area contributed by atoms with Gasteiger partial charge in [0, 0.05) is 26.1 Å². The predicted octanol–water partition coefficient (Wildman–Crippen LogP) is 1.52. The highest BCUT2D eigenvalue weighted by molar-refractivity contribution is 5.83. The molecule has 0 amide bonds. The van der Waals surface area contributed by atoms with Gasteiger partial charge >= 0.3 is 0 Å². The van der Waals surface area contributed by atoms with Crippen molar-refractivity contribution in [1.29, 1.82) is 0 Å². The maximum atomic E-state index is 10.9. The number of benzene rings is 1. The number of para-hydroxylation sites is 1. The van der Waals surface area contributed by atoms with E-state index in [2.05, 4.69) is 20.5 Å². The number of hydrogen-bond acceptors (Lipinski definition) is 7. The fraction of sp³-hybridized carbons (Fsp3) is 0.250. The molecule has 0 saturated carbocycles. The van der Waals surface area contributed by atoms with Crippen molar-refractivity contribution in [3.8, 4) is 0 Å². The molecule has 1 aromatic carbocycles. The fourth-order valence-electron chi connectivity index (χ4n) is 1.97. The SMILES string of the molecule is Cn1cnnc1CCNc1nc2c([N+](=O)[O-])cccc2o1. The molecule has 108 valence electrons. The topological polar surface area (TPSA) is 112 Å². The third-order valence-electron chi connectivity index (χ3n) is 3.02. The van der Waals surface area contributed by atoms with E-state index in [-0.39, 0.29) is 17.2 Å². The molecule has 21 heavy (non-hydrogen) atoms. The van der Waals surface area contributed by atoms with Crippen LogP contribution in [0.15, 0.2) is 28.9 Å². The van der Waals surface area contributed by atoms with Crippen molar-refractivity contribution in [2.24, 2.45) is 7.05 Å². The second kappa shape index (κ2) is 5.19.